The molecule has 6 heteroatoms. The van der Waals surface area contributed by atoms with Gasteiger partial charge < -0.3 is 0 Å². The Morgan fingerprint density at radius 3 is 2.27 bits per heavy atom. The number of thiophene rings is 1. The van der Waals surface area contributed by atoms with Gasteiger partial charge in [-0.25, -0.2) is 9.97 Å². The summed E-state index contributed by atoms with van der Waals surface area (Å²) in [6.45, 7) is 2.00. The van der Waals surface area contributed by atoms with Gasteiger partial charge in [0.2, 0.25) is 0 Å². The lowest BCUT2D eigenvalue weighted by molar-refractivity contribution is 1.16. The maximum absolute atomic E-state index is 5.91. The van der Waals surface area contributed by atoms with Crippen LogP contribution in [0.3, 0.4) is 0 Å². The Morgan fingerprint density at radius 2 is 1.80 bits per heavy atom. The lowest BCUT2D eigenvalue weighted by Crippen LogP contribution is -1.91. The molecule has 0 amide bonds. The fourth-order valence-electron chi connectivity index (χ4n) is 1.10. The summed E-state index contributed by atoms with van der Waals surface area (Å²) in [5, 5.41) is 4.67. The fourth-order valence-corrected chi connectivity index (χ4v) is 2.50. The predicted octanol–water partition coefficient (Wildman–Crippen LogP) is 4.58. The van der Waals surface area contributed by atoms with Crippen LogP contribution in [0.15, 0.2) is 15.2 Å². The molecule has 0 aliphatic rings. The third kappa shape index (κ3) is 2.18. The molecule has 0 aliphatic carbocycles. The maximum atomic E-state index is 5.91. The van der Waals surface area contributed by atoms with Crippen LogP contribution >= 0.6 is 50.5 Å². The summed E-state index contributed by atoms with van der Waals surface area (Å²) in [6.07, 6.45) is 0. The summed E-state index contributed by atoms with van der Waals surface area (Å²) in [5.41, 5.74) is 2.09. The van der Waals surface area contributed by atoms with E-state index in [9.17, 15) is 0 Å². The second-order valence-electron chi connectivity index (χ2n) is 2.91. The molecule has 0 N–H and O–H groups in total. The Bertz CT molecular complexity index is 490. The SMILES string of the molecule is Cc1cscc1-c1nc(Cl)c(Br)c(Cl)n1. The zero-order chi connectivity index (χ0) is 11.0. The van der Waals surface area contributed by atoms with E-state index in [1.165, 1.54) is 0 Å². The zero-order valence-corrected chi connectivity index (χ0v) is 11.5. The molecule has 15 heavy (non-hydrogen) atoms. The molecule has 0 aliphatic heterocycles. The van der Waals surface area contributed by atoms with Gasteiger partial charge in [0.25, 0.3) is 0 Å². The normalized spacial score (nSPS) is 10.7. The van der Waals surface area contributed by atoms with E-state index in [1.54, 1.807) is 11.3 Å². The van der Waals surface area contributed by atoms with Crippen LogP contribution in [0.1, 0.15) is 5.56 Å². The minimum atomic E-state index is 0.329. The van der Waals surface area contributed by atoms with Crippen molar-refractivity contribution < 1.29 is 0 Å². The van der Waals surface area contributed by atoms with Gasteiger partial charge in [-0.3, -0.25) is 0 Å². The van der Waals surface area contributed by atoms with Gasteiger partial charge >= 0.3 is 0 Å². The Kier molecular flexibility index (Phi) is 3.30. The summed E-state index contributed by atoms with van der Waals surface area (Å²) in [4.78, 5) is 8.33. The molecule has 2 aromatic rings. The summed E-state index contributed by atoms with van der Waals surface area (Å²) in [7, 11) is 0. The fraction of sp³-hybridized carbons (Fsp3) is 0.111. The van der Waals surface area contributed by atoms with Gasteiger partial charge in [0.15, 0.2) is 5.82 Å². The molecule has 0 saturated heterocycles. The molecule has 0 atom stereocenters. The molecule has 78 valence electrons. The highest BCUT2D eigenvalue weighted by molar-refractivity contribution is 9.10. The van der Waals surface area contributed by atoms with Crippen molar-refractivity contribution in [3.05, 3.63) is 31.1 Å². The van der Waals surface area contributed by atoms with Gasteiger partial charge in [-0.1, -0.05) is 23.2 Å². The number of aromatic nitrogens is 2. The van der Waals surface area contributed by atoms with Crippen molar-refractivity contribution in [1.29, 1.82) is 0 Å². The Morgan fingerprint density at radius 1 is 1.20 bits per heavy atom. The van der Waals surface area contributed by atoms with Crippen LogP contribution in [0.4, 0.5) is 0 Å². The van der Waals surface area contributed by atoms with Gasteiger partial charge in [-0.2, -0.15) is 11.3 Å². The third-order valence-corrected chi connectivity index (χ3v) is 4.48. The molecule has 2 aromatic heterocycles. The van der Waals surface area contributed by atoms with Crippen LogP contribution in [-0.4, -0.2) is 9.97 Å². The van der Waals surface area contributed by atoms with Crippen LogP contribution in [0.25, 0.3) is 11.4 Å². The summed E-state index contributed by atoms with van der Waals surface area (Å²) >= 11 is 16.6. The summed E-state index contributed by atoms with van der Waals surface area (Å²) in [6, 6.07) is 0. The number of rotatable bonds is 1. The van der Waals surface area contributed by atoms with Crippen molar-refractivity contribution in [1.82, 2.24) is 9.97 Å². The van der Waals surface area contributed by atoms with Gasteiger partial charge in [0.05, 0.1) is 4.47 Å². The molecule has 0 aromatic carbocycles. The molecule has 2 heterocycles. The Labute approximate surface area is 109 Å². The largest absolute Gasteiger partial charge is 0.215 e. The molecule has 0 fully saturated rings. The van der Waals surface area contributed by atoms with Crippen LogP contribution in [-0.2, 0) is 0 Å². The molecular weight excluding hydrogens is 319 g/mol. The average molecular weight is 324 g/mol. The topological polar surface area (TPSA) is 25.8 Å². The van der Waals surface area contributed by atoms with E-state index >= 15 is 0 Å². The smallest absolute Gasteiger partial charge is 0.163 e. The van der Waals surface area contributed by atoms with Crippen LogP contribution < -0.4 is 0 Å². The minimum absolute atomic E-state index is 0.329. The van der Waals surface area contributed by atoms with E-state index in [0.29, 0.717) is 20.6 Å². The lowest BCUT2D eigenvalue weighted by Gasteiger charge is -2.02. The van der Waals surface area contributed by atoms with E-state index in [0.717, 1.165) is 11.1 Å². The van der Waals surface area contributed by atoms with Gasteiger partial charge in [0.1, 0.15) is 10.3 Å². The van der Waals surface area contributed by atoms with Gasteiger partial charge in [-0.05, 0) is 33.8 Å². The second-order valence-corrected chi connectivity index (χ2v) is 5.16. The van der Waals surface area contributed by atoms with Crippen LogP contribution in [0, 0.1) is 6.92 Å². The van der Waals surface area contributed by atoms with Crippen molar-refractivity contribution in [2.45, 2.75) is 6.92 Å². The summed E-state index contributed by atoms with van der Waals surface area (Å²) in [5.74, 6) is 0.562. The first kappa shape index (κ1) is 11.3. The number of aryl methyl sites for hydroxylation is 1. The number of hydrogen-bond donors (Lipinski definition) is 0. The first-order chi connectivity index (χ1) is 7.09. The van der Waals surface area contributed by atoms with E-state index in [-0.39, 0.29) is 0 Å². The van der Waals surface area contributed by atoms with Crippen LogP contribution in [0.2, 0.25) is 10.3 Å². The average Bonchev–Trinajstić information content (AvgIpc) is 2.60. The zero-order valence-electron chi connectivity index (χ0n) is 7.59. The van der Waals surface area contributed by atoms with Crippen molar-refractivity contribution >= 4 is 50.5 Å². The quantitative estimate of drug-likeness (QED) is 0.718. The van der Waals surface area contributed by atoms with Crippen LogP contribution in [0.5, 0.6) is 0 Å². The highest BCUT2D eigenvalue weighted by Gasteiger charge is 2.12. The highest BCUT2D eigenvalue weighted by Crippen LogP contribution is 2.31. The number of hydrogen-bond acceptors (Lipinski definition) is 3. The molecule has 0 saturated carbocycles. The molecule has 0 spiro atoms. The molecule has 2 rings (SSSR count). The van der Waals surface area contributed by atoms with Crippen molar-refractivity contribution in [3.8, 4) is 11.4 Å². The predicted molar refractivity (Wildman–Crippen MR) is 67.8 cm³/mol. The molecule has 0 radical (unpaired) electrons. The highest BCUT2D eigenvalue weighted by atomic mass is 79.9. The first-order valence-corrected chi connectivity index (χ1v) is 6.50. The number of halogens is 3. The van der Waals surface area contributed by atoms with Crippen molar-refractivity contribution in [2.24, 2.45) is 0 Å². The molecular formula is C9H5BrCl2N2S. The Hall–Kier alpha value is -0.160. The monoisotopic (exact) mass is 322 g/mol. The minimum Gasteiger partial charge on any atom is -0.215 e. The Balaban J connectivity index is 2.60. The maximum Gasteiger partial charge on any atom is 0.163 e. The summed E-state index contributed by atoms with van der Waals surface area (Å²) < 4.78 is 0.530. The first-order valence-electron chi connectivity index (χ1n) is 4.01. The second kappa shape index (κ2) is 4.37. The van der Waals surface area contributed by atoms with E-state index in [4.69, 9.17) is 23.2 Å². The molecule has 2 nitrogen and oxygen atoms in total. The van der Waals surface area contributed by atoms with Gasteiger partial charge in [0, 0.05) is 10.9 Å². The lowest BCUT2D eigenvalue weighted by atomic mass is 10.2. The number of nitrogens with zero attached hydrogens (tertiary/aromatic N) is 2. The molecule has 0 unspecified atom stereocenters. The van der Waals surface area contributed by atoms with Crippen molar-refractivity contribution in [3.63, 3.8) is 0 Å². The van der Waals surface area contributed by atoms with Gasteiger partial charge in [-0.15, -0.1) is 0 Å². The van der Waals surface area contributed by atoms with Crippen molar-refractivity contribution in [2.75, 3.05) is 0 Å². The van der Waals surface area contributed by atoms with E-state index in [2.05, 4.69) is 25.9 Å². The van der Waals surface area contributed by atoms with E-state index in [1.807, 2.05) is 17.7 Å². The third-order valence-electron chi connectivity index (χ3n) is 1.87. The molecule has 0 bridgehead atoms. The standard InChI is InChI=1S/C9H5BrCl2N2S/c1-4-2-15-3-5(4)9-13-7(11)6(10)8(12)14-9/h2-3H,1H3. The van der Waals surface area contributed by atoms with E-state index < -0.39 is 0 Å².